The highest BCUT2D eigenvalue weighted by Gasteiger charge is 2.19. The Labute approximate surface area is 109 Å². The van der Waals surface area contributed by atoms with E-state index in [9.17, 15) is 0 Å². The predicted octanol–water partition coefficient (Wildman–Crippen LogP) is 1.94. The molecular formula is C14H23N3O. The largest absolute Gasteiger partial charge is 0.495 e. The molecule has 0 saturated carbocycles. The third-order valence-electron chi connectivity index (χ3n) is 3.68. The summed E-state index contributed by atoms with van der Waals surface area (Å²) >= 11 is 0. The lowest BCUT2D eigenvalue weighted by molar-refractivity contribution is 0.292. The molecule has 100 valence electrons. The topological polar surface area (TPSA) is 41.7 Å². The average Bonchev–Trinajstić information content (AvgIpc) is 2.56. The van der Waals surface area contributed by atoms with Crippen LogP contribution in [-0.2, 0) is 6.54 Å². The molecule has 0 amide bonds. The molecule has 0 atom stereocenters. The molecule has 0 aromatic heterocycles. The average molecular weight is 249 g/mol. The fraction of sp³-hybridized carbons (Fsp3) is 0.571. The number of likely N-dealkylation sites (N-methyl/N-ethyl adjacent to an activating group) is 2. The molecule has 1 heterocycles. The fourth-order valence-corrected chi connectivity index (χ4v) is 2.53. The summed E-state index contributed by atoms with van der Waals surface area (Å²) in [6.07, 6.45) is 0. The monoisotopic (exact) mass is 249 g/mol. The second-order valence-corrected chi connectivity index (χ2v) is 4.67. The molecule has 0 radical (unpaired) electrons. The number of nitrogens with zero attached hydrogens (tertiary/aromatic N) is 2. The van der Waals surface area contributed by atoms with Gasteiger partial charge in [-0.3, -0.25) is 4.90 Å². The van der Waals surface area contributed by atoms with E-state index in [1.807, 2.05) is 0 Å². The van der Waals surface area contributed by atoms with Crippen LogP contribution in [-0.4, -0.2) is 38.2 Å². The van der Waals surface area contributed by atoms with Crippen molar-refractivity contribution >= 4 is 11.4 Å². The summed E-state index contributed by atoms with van der Waals surface area (Å²) in [5.74, 6) is 0.780. The van der Waals surface area contributed by atoms with Gasteiger partial charge in [-0.25, -0.2) is 0 Å². The Morgan fingerprint density at radius 2 is 2.00 bits per heavy atom. The second-order valence-electron chi connectivity index (χ2n) is 4.67. The van der Waals surface area contributed by atoms with E-state index >= 15 is 0 Å². The maximum absolute atomic E-state index is 6.02. The molecular weight excluding hydrogens is 226 g/mol. The summed E-state index contributed by atoms with van der Waals surface area (Å²) < 4.78 is 5.33. The number of ether oxygens (including phenoxy) is 1. The Balaban J connectivity index is 2.43. The lowest BCUT2D eigenvalue weighted by atomic mass is 10.1. The van der Waals surface area contributed by atoms with Crippen LogP contribution in [0.5, 0.6) is 5.75 Å². The number of hydrogen-bond donors (Lipinski definition) is 1. The SMILES string of the molecule is CCN1CCN(CC)c2cc(N)c(OC)cc2C1. The maximum atomic E-state index is 6.02. The van der Waals surface area contributed by atoms with E-state index in [0.29, 0.717) is 0 Å². The summed E-state index contributed by atoms with van der Waals surface area (Å²) in [6, 6.07) is 4.14. The van der Waals surface area contributed by atoms with Crippen LogP contribution in [0, 0.1) is 0 Å². The molecule has 0 aliphatic carbocycles. The van der Waals surface area contributed by atoms with Crippen molar-refractivity contribution < 1.29 is 4.74 Å². The van der Waals surface area contributed by atoms with E-state index in [0.717, 1.165) is 44.2 Å². The van der Waals surface area contributed by atoms with E-state index in [1.54, 1.807) is 7.11 Å². The lowest BCUT2D eigenvalue weighted by Gasteiger charge is -2.23. The van der Waals surface area contributed by atoms with Crippen molar-refractivity contribution in [2.24, 2.45) is 0 Å². The van der Waals surface area contributed by atoms with Gasteiger partial charge in [0.1, 0.15) is 5.75 Å². The van der Waals surface area contributed by atoms with Crippen molar-refractivity contribution in [2.45, 2.75) is 20.4 Å². The molecule has 4 nitrogen and oxygen atoms in total. The van der Waals surface area contributed by atoms with Crippen molar-refractivity contribution in [3.8, 4) is 5.75 Å². The molecule has 1 aliphatic heterocycles. The van der Waals surface area contributed by atoms with Gasteiger partial charge in [0.2, 0.25) is 0 Å². The molecule has 0 saturated heterocycles. The van der Waals surface area contributed by atoms with E-state index in [2.05, 4.69) is 35.8 Å². The Bertz CT molecular complexity index is 420. The van der Waals surface area contributed by atoms with Crippen LogP contribution < -0.4 is 15.4 Å². The van der Waals surface area contributed by atoms with Gasteiger partial charge < -0.3 is 15.4 Å². The van der Waals surface area contributed by atoms with Crippen LogP contribution in [0.15, 0.2) is 12.1 Å². The first-order chi connectivity index (χ1) is 8.69. The number of methoxy groups -OCH3 is 1. The van der Waals surface area contributed by atoms with Crippen LogP contribution in [0.4, 0.5) is 11.4 Å². The first-order valence-electron chi connectivity index (χ1n) is 6.63. The number of fused-ring (bicyclic) bond motifs is 1. The van der Waals surface area contributed by atoms with Gasteiger partial charge >= 0.3 is 0 Å². The number of nitrogens with two attached hydrogens (primary N) is 1. The van der Waals surface area contributed by atoms with Crippen molar-refractivity contribution in [3.05, 3.63) is 17.7 Å². The zero-order chi connectivity index (χ0) is 13.1. The molecule has 0 bridgehead atoms. The summed E-state index contributed by atoms with van der Waals surface area (Å²) in [5.41, 5.74) is 9.31. The Hall–Kier alpha value is -1.42. The van der Waals surface area contributed by atoms with Gasteiger partial charge in [0.05, 0.1) is 12.8 Å². The van der Waals surface area contributed by atoms with Gasteiger partial charge in [0.25, 0.3) is 0 Å². The minimum Gasteiger partial charge on any atom is -0.495 e. The summed E-state index contributed by atoms with van der Waals surface area (Å²) in [4.78, 5) is 4.84. The number of anilines is 2. The molecule has 2 N–H and O–H groups in total. The van der Waals surface area contributed by atoms with E-state index in [1.165, 1.54) is 11.3 Å². The van der Waals surface area contributed by atoms with E-state index < -0.39 is 0 Å². The maximum Gasteiger partial charge on any atom is 0.142 e. The number of hydrogen-bond acceptors (Lipinski definition) is 4. The zero-order valence-electron chi connectivity index (χ0n) is 11.6. The molecule has 2 rings (SSSR count). The van der Waals surface area contributed by atoms with Gasteiger partial charge in [0.15, 0.2) is 0 Å². The molecule has 18 heavy (non-hydrogen) atoms. The molecule has 0 unspecified atom stereocenters. The zero-order valence-corrected chi connectivity index (χ0v) is 11.6. The van der Waals surface area contributed by atoms with E-state index in [-0.39, 0.29) is 0 Å². The van der Waals surface area contributed by atoms with Crippen molar-refractivity contribution in [1.29, 1.82) is 0 Å². The summed E-state index contributed by atoms with van der Waals surface area (Å²) in [7, 11) is 1.67. The smallest absolute Gasteiger partial charge is 0.142 e. The van der Waals surface area contributed by atoms with Crippen LogP contribution in [0.3, 0.4) is 0 Å². The lowest BCUT2D eigenvalue weighted by Crippen LogP contribution is -2.31. The minimum atomic E-state index is 0.722. The highest BCUT2D eigenvalue weighted by atomic mass is 16.5. The minimum absolute atomic E-state index is 0.722. The molecule has 0 fully saturated rings. The summed E-state index contributed by atoms with van der Waals surface area (Å²) in [5, 5.41) is 0. The normalized spacial score (nSPS) is 16.3. The Kier molecular flexibility index (Phi) is 3.97. The number of benzene rings is 1. The molecule has 1 aromatic carbocycles. The fourth-order valence-electron chi connectivity index (χ4n) is 2.53. The third-order valence-corrected chi connectivity index (χ3v) is 3.68. The van der Waals surface area contributed by atoms with E-state index in [4.69, 9.17) is 10.5 Å². The number of rotatable bonds is 3. The molecule has 1 aromatic rings. The van der Waals surface area contributed by atoms with Crippen LogP contribution >= 0.6 is 0 Å². The van der Waals surface area contributed by atoms with Crippen LogP contribution in [0.1, 0.15) is 19.4 Å². The molecule has 0 spiro atoms. The van der Waals surface area contributed by atoms with Gasteiger partial charge in [-0.15, -0.1) is 0 Å². The van der Waals surface area contributed by atoms with Gasteiger partial charge in [-0.05, 0) is 31.2 Å². The summed E-state index contributed by atoms with van der Waals surface area (Å²) in [6.45, 7) is 9.60. The van der Waals surface area contributed by atoms with Crippen molar-refractivity contribution in [3.63, 3.8) is 0 Å². The van der Waals surface area contributed by atoms with Gasteiger partial charge in [0, 0.05) is 31.9 Å². The Morgan fingerprint density at radius 1 is 1.22 bits per heavy atom. The second kappa shape index (κ2) is 5.48. The first kappa shape index (κ1) is 13.0. The van der Waals surface area contributed by atoms with Crippen molar-refractivity contribution in [1.82, 2.24) is 4.90 Å². The highest BCUT2D eigenvalue weighted by molar-refractivity contribution is 5.68. The standard InChI is InChI=1S/C14H23N3O/c1-4-16-6-7-17(5-2)13-9-12(15)14(18-3)8-11(13)10-16/h8-9H,4-7,10,15H2,1-3H3. The van der Waals surface area contributed by atoms with Gasteiger partial charge in [-0.2, -0.15) is 0 Å². The molecule has 4 heteroatoms. The Morgan fingerprint density at radius 3 is 2.61 bits per heavy atom. The van der Waals surface area contributed by atoms with Crippen molar-refractivity contribution in [2.75, 3.05) is 43.9 Å². The highest BCUT2D eigenvalue weighted by Crippen LogP contribution is 2.33. The quantitative estimate of drug-likeness (QED) is 0.831. The number of nitrogen functional groups attached to an aromatic ring is 1. The first-order valence-corrected chi connectivity index (χ1v) is 6.63. The van der Waals surface area contributed by atoms with Gasteiger partial charge in [-0.1, -0.05) is 6.92 Å². The predicted molar refractivity (Wildman–Crippen MR) is 76.2 cm³/mol. The third kappa shape index (κ3) is 2.38. The molecule has 1 aliphatic rings. The van der Waals surface area contributed by atoms with Crippen LogP contribution in [0.25, 0.3) is 0 Å². The van der Waals surface area contributed by atoms with Crippen LogP contribution in [0.2, 0.25) is 0 Å².